The van der Waals surface area contributed by atoms with Gasteiger partial charge in [0.25, 0.3) is 0 Å². The Balaban J connectivity index is -0.000000863. The van der Waals surface area contributed by atoms with E-state index in [1.807, 2.05) is 20.8 Å². The van der Waals surface area contributed by atoms with Gasteiger partial charge < -0.3 is 5.32 Å². The van der Waals surface area contributed by atoms with E-state index in [-0.39, 0.29) is 0 Å². The minimum absolute atomic E-state index is 0.958. The van der Waals surface area contributed by atoms with E-state index < -0.39 is 0 Å². The first-order valence-corrected chi connectivity index (χ1v) is 15.2. The van der Waals surface area contributed by atoms with Crippen LogP contribution in [-0.4, -0.2) is 12.3 Å². The lowest BCUT2D eigenvalue weighted by Gasteiger charge is -2.14. The van der Waals surface area contributed by atoms with Crippen LogP contribution in [0.4, 0.5) is 0 Å². The lowest BCUT2D eigenvalue weighted by atomic mass is 10.0. The van der Waals surface area contributed by atoms with Gasteiger partial charge in [-0.05, 0) is 97.9 Å². The number of hydrogen-bond donors (Lipinski definition) is 1. The quantitative estimate of drug-likeness (QED) is 0.117. The van der Waals surface area contributed by atoms with Gasteiger partial charge in [-0.15, -0.1) is 12.8 Å². The molecule has 1 aromatic carbocycles. The molecule has 0 amide bonds. The molecule has 0 atom stereocenters. The fourth-order valence-electron chi connectivity index (χ4n) is 3.72. The van der Waals surface area contributed by atoms with Crippen molar-refractivity contribution in [2.75, 3.05) is 6.54 Å². The third-order valence-corrected chi connectivity index (χ3v) is 6.24. The van der Waals surface area contributed by atoms with Crippen LogP contribution < -0.4 is 5.32 Å². The number of aryl methyl sites for hydroxylation is 1. The van der Waals surface area contributed by atoms with Crippen molar-refractivity contribution in [3.63, 3.8) is 0 Å². The van der Waals surface area contributed by atoms with Gasteiger partial charge in [-0.1, -0.05) is 112 Å². The zero-order chi connectivity index (χ0) is 32.4. The monoisotopic (exact) mass is 558 g/mol. The highest BCUT2D eigenvalue weighted by Crippen LogP contribution is 2.21. The minimum atomic E-state index is 0.958. The van der Waals surface area contributed by atoms with Gasteiger partial charge in [0.15, 0.2) is 0 Å². The molecule has 0 aliphatic carbocycles. The van der Waals surface area contributed by atoms with Crippen LogP contribution in [0.2, 0.25) is 0 Å². The molecule has 0 bridgehead atoms. The maximum absolute atomic E-state index is 4.88. The second kappa shape index (κ2) is 26.9. The fourth-order valence-corrected chi connectivity index (χ4v) is 3.72. The summed E-state index contributed by atoms with van der Waals surface area (Å²) < 4.78 is 0. The van der Waals surface area contributed by atoms with Crippen molar-refractivity contribution in [3.8, 4) is 12.8 Å². The molecule has 0 aliphatic heterocycles. The van der Waals surface area contributed by atoms with Crippen LogP contribution in [0.25, 0.3) is 0 Å². The van der Waals surface area contributed by atoms with Gasteiger partial charge in [-0.25, -0.2) is 0 Å². The smallest absolute Gasteiger partial charge is 0.0619 e. The van der Waals surface area contributed by atoms with E-state index in [9.17, 15) is 0 Å². The molecule has 41 heavy (non-hydrogen) atoms. The highest BCUT2D eigenvalue weighted by Gasteiger charge is 2.06. The largest absolute Gasteiger partial charge is 0.385 e. The maximum Gasteiger partial charge on any atom is 0.0619 e. The highest BCUT2D eigenvalue weighted by molar-refractivity contribution is 5.99. The van der Waals surface area contributed by atoms with Crippen molar-refractivity contribution < 1.29 is 0 Å². The Bertz CT molecular complexity index is 1060. The number of benzene rings is 1. The van der Waals surface area contributed by atoms with Crippen molar-refractivity contribution in [2.45, 2.75) is 116 Å². The van der Waals surface area contributed by atoms with E-state index in [0.29, 0.717) is 0 Å². The number of nitrogens with one attached hydrogen (secondary N) is 1. The highest BCUT2D eigenvalue weighted by atomic mass is 14.9. The van der Waals surface area contributed by atoms with Gasteiger partial charge in [0.1, 0.15) is 0 Å². The summed E-state index contributed by atoms with van der Waals surface area (Å²) in [6.07, 6.45) is 21.3. The third-order valence-electron chi connectivity index (χ3n) is 6.24. The molecule has 0 aromatic heterocycles. The maximum atomic E-state index is 4.88. The summed E-state index contributed by atoms with van der Waals surface area (Å²) in [5.74, 6) is 0. The lowest BCUT2D eigenvalue weighted by molar-refractivity contribution is 0.717. The summed E-state index contributed by atoms with van der Waals surface area (Å²) in [5, 5.41) is 3.45. The van der Waals surface area contributed by atoms with Crippen LogP contribution in [0.3, 0.4) is 0 Å². The number of allylic oxidation sites excluding steroid dienone is 8. The number of nitrogens with zero attached hydrogens (tertiary/aromatic N) is 1. The van der Waals surface area contributed by atoms with Crippen molar-refractivity contribution in [1.82, 2.24) is 5.32 Å². The third kappa shape index (κ3) is 19.4. The van der Waals surface area contributed by atoms with Crippen molar-refractivity contribution in [3.05, 3.63) is 106 Å². The Morgan fingerprint density at radius 3 is 1.93 bits per heavy atom. The lowest BCUT2D eigenvalue weighted by Crippen LogP contribution is -2.15. The molecular formula is C39H62N2. The zero-order valence-corrected chi connectivity index (χ0v) is 29.0. The van der Waals surface area contributed by atoms with E-state index in [2.05, 4.69) is 143 Å². The van der Waals surface area contributed by atoms with Gasteiger partial charge in [0, 0.05) is 18.0 Å². The second-order valence-electron chi connectivity index (χ2n) is 9.95. The van der Waals surface area contributed by atoms with Crippen LogP contribution in [0.15, 0.2) is 99.4 Å². The van der Waals surface area contributed by atoms with Gasteiger partial charge in [0.2, 0.25) is 0 Å². The average molecular weight is 559 g/mol. The number of hydrogen-bond acceptors (Lipinski definition) is 2. The van der Waals surface area contributed by atoms with Crippen LogP contribution >= 0.6 is 0 Å². The van der Waals surface area contributed by atoms with E-state index in [4.69, 9.17) is 4.99 Å². The van der Waals surface area contributed by atoms with Crippen LogP contribution in [0.1, 0.15) is 120 Å². The molecule has 0 unspecified atom stereocenters. The summed E-state index contributed by atoms with van der Waals surface area (Å²) in [6, 6.07) is 8.50. The van der Waals surface area contributed by atoms with Gasteiger partial charge in [-0.3, -0.25) is 4.99 Å². The normalized spacial score (nSPS) is 12.0. The molecule has 0 heterocycles. The van der Waals surface area contributed by atoms with E-state index in [0.717, 1.165) is 46.8 Å². The standard InChI is InChI=1S/C25H36N2.C10H18.C2H6.C2H2/c1-9-11-16-26-22(8)24(18(3)4)17-20(6)25(10-2)27-21(7)23-14-12-19(5)13-15-23;1-5-7-9(3)10(4)8-6-2;2*1-2/h10,12-15,17,26H,8-9,11,16H2,1-7H3;5,7H,6,8H2,1-4H3;1-2H3;1-2H/b20-17+,25-10-,27-21?;7-5-,10-9+;;. The SMILES string of the molecule is C#C.C/C=C\C(C)=C(/C)CCC.C=C(NCCCC)C(/C=C(C)/C(=C/C)N=C(C)c1ccc(C)cc1)=C(C)C.CC. The summed E-state index contributed by atoms with van der Waals surface area (Å²) in [7, 11) is 0. The first kappa shape index (κ1) is 42.2. The number of rotatable bonds is 12. The summed E-state index contributed by atoms with van der Waals surface area (Å²) >= 11 is 0. The molecule has 0 fully saturated rings. The topological polar surface area (TPSA) is 24.4 Å². The molecule has 1 aromatic rings. The van der Waals surface area contributed by atoms with Crippen molar-refractivity contribution in [2.24, 2.45) is 4.99 Å². The van der Waals surface area contributed by atoms with Crippen LogP contribution in [0.5, 0.6) is 0 Å². The number of unbranched alkanes of at least 4 members (excludes halogenated alkanes) is 1. The van der Waals surface area contributed by atoms with Gasteiger partial charge >= 0.3 is 0 Å². The van der Waals surface area contributed by atoms with Crippen molar-refractivity contribution in [1.29, 1.82) is 0 Å². The van der Waals surface area contributed by atoms with E-state index in [1.54, 1.807) is 0 Å². The molecule has 0 saturated carbocycles. The Morgan fingerprint density at radius 1 is 0.927 bits per heavy atom. The number of terminal acetylenes is 1. The molecule has 0 spiro atoms. The molecule has 1 N–H and O–H groups in total. The van der Waals surface area contributed by atoms with Crippen LogP contribution in [0, 0.1) is 19.8 Å². The zero-order valence-electron chi connectivity index (χ0n) is 29.0. The molecule has 1 rings (SSSR count). The first-order valence-electron chi connectivity index (χ1n) is 15.2. The Labute approximate surface area is 256 Å². The molecular weight excluding hydrogens is 496 g/mol. The predicted octanol–water partition coefficient (Wildman–Crippen LogP) is 11.9. The molecule has 0 saturated heterocycles. The average Bonchev–Trinajstić information content (AvgIpc) is 2.97. The molecule has 2 heteroatoms. The van der Waals surface area contributed by atoms with Crippen molar-refractivity contribution >= 4 is 5.71 Å². The summed E-state index contributed by atoms with van der Waals surface area (Å²) in [6.45, 7) is 32.6. The van der Waals surface area contributed by atoms with Gasteiger partial charge in [0.05, 0.1) is 5.70 Å². The Kier molecular flexibility index (Phi) is 27.7. The van der Waals surface area contributed by atoms with Gasteiger partial charge in [-0.2, -0.15) is 0 Å². The molecule has 0 aliphatic rings. The second-order valence-corrected chi connectivity index (χ2v) is 9.95. The Hall–Kier alpha value is -3.31. The summed E-state index contributed by atoms with van der Waals surface area (Å²) in [5.41, 5.74) is 11.9. The Morgan fingerprint density at radius 2 is 1.49 bits per heavy atom. The first-order chi connectivity index (χ1) is 19.5. The summed E-state index contributed by atoms with van der Waals surface area (Å²) in [4.78, 5) is 4.88. The van der Waals surface area contributed by atoms with E-state index in [1.165, 1.54) is 41.5 Å². The van der Waals surface area contributed by atoms with Crippen LogP contribution in [-0.2, 0) is 0 Å². The minimum Gasteiger partial charge on any atom is -0.385 e. The van der Waals surface area contributed by atoms with E-state index >= 15 is 0 Å². The fraction of sp³-hybridized carbons (Fsp3) is 0.462. The molecule has 228 valence electrons. The number of aliphatic imine (C=N–C) groups is 1. The predicted molar refractivity (Wildman–Crippen MR) is 191 cm³/mol. The molecule has 0 radical (unpaired) electrons. The molecule has 2 nitrogen and oxygen atoms in total.